The normalized spacial score (nSPS) is 12.9. The lowest BCUT2D eigenvalue weighted by molar-refractivity contribution is 0.184. The van der Waals surface area contributed by atoms with Gasteiger partial charge < -0.3 is 15.6 Å². The van der Waals surface area contributed by atoms with Crippen LogP contribution in [0.5, 0.6) is 5.06 Å². The minimum atomic E-state index is -0.463. The Labute approximate surface area is 89.6 Å². The fraction of sp³-hybridized carbons (Fsp3) is 0.500. The van der Waals surface area contributed by atoms with Crippen molar-refractivity contribution in [2.75, 3.05) is 13.7 Å². The summed E-state index contributed by atoms with van der Waals surface area (Å²) in [6.45, 7) is 0.290. The van der Waals surface area contributed by atoms with Gasteiger partial charge in [-0.3, -0.25) is 0 Å². The molecular formula is C8H12BrNO2S. The van der Waals surface area contributed by atoms with Crippen molar-refractivity contribution in [3.63, 3.8) is 0 Å². The molecule has 0 fully saturated rings. The van der Waals surface area contributed by atoms with Crippen molar-refractivity contribution in [1.29, 1.82) is 0 Å². The van der Waals surface area contributed by atoms with E-state index >= 15 is 0 Å². The Morgan fingerprint density at radius 2 is 2.46 bits per heavy atom. The largest absolute Gasteiger partial charge is 0.486 e. The van der Waals surface area contributed by atoms with Crippen LogP contribution in [0.3, 0.4) is 0 Å². The van der Waals surface area contributed by atoms with Crippen molar-refractivity contribution < 1.29 is 9.84 Å². The van der Waals surface area contributed by atoms with Gasteiger partial charge in [0.15, 0.2) is 5.06 Å². The van der Waals surface area contributed by atoms with E-state index in [1.807, 2.05) is 6.07 Å². The molecule has 13 heavy (non-hydrogen) atoms. The number of ether oxygens (including phenoxy) is 1. The average molecular weight is 266 g/mol. The molecular weight excluding hydrogens is 254 g/mol. The Kier molecular flexibility index (Phi) is 4.18. The summed E-state index contributed by atoms with van der Waals surface area (Å²) in [6, 6.07) is 1.95. The number of hydrogen-bond donors (Lipinski definition) is 2. The molecule has 1 heterocycles. The summed E-state index contributed by atoms with van der Waals surface area (Å²) in [5.41, 5.74) is 5.31. The molecule has 1 atom stereocenters. The summed E-state index contributed by atoms with van der Waals surface area (Å²) in [4.78, 5) is 1.07. The first-order chi connectivity index (χ1) is 6.17. The second-order valence-corrected chi connectivity index (χ2v) is 4.60. The average Bonchev–Trinajstić information content (AvgIpc) is 2.46. The van der Waals surface area contributed by atoms with Gasteiger partial charge in [0.25, 0.3) is 0 Å². The van der Waals surface area contributed by atoms with Crippen LogP contribution in [0.25, 0.3) is 0 Å². The quantitative estimate of drug-likeness (QED) is 0.865. The van der Waals surface area contributed by atoms with Gasteiger partial charge in [0.05, 0.1) is 17.7 Å². The maximum absolute atomic E-state index is 9.31. The van der Waals surface area contributed by atoms with Crippen LogP contribution in [-0.2, 0) is 6.42 Å². The predicted molar refractivity (Wildman–Crippen MR) is 57.3 cm³/mol. The van der Waals surface area contributed by atoms with Gasteiger partial charge in [0, 0.05) is 17.8 Å². The molecule has 1 rings (SSSR count). The van der Waals surface area contributed by atoms with Crippen LogP contribution in [0.15, 0.2) is 10.5 Å². The van der Waals surface area contributed by atoms with Crippen molar-refractivity contribution in [3.8, 4) is 5.06 Å². The van der Waals surface area contributed by atoms with E-state index in [2.05, 4.69) is 15.9 Å². The first kappa shape index (κ1) is 11.0. The van der Waals surface area contributed by atoms with E-state index < -0.39 is 6.10 Å². The third-order valence-electron chi connectivity index (χ3n) is 1.60. The van der Waals surface area contributed by atoms with E-state index in [4.69, 9.17) is 10.5 Å². The molecule has 1 aromatic rings. The number of aliphatic hydroxyl groups is 1. The standard InChI is InChI=1S/C8H12BrNO2S/c1-12-8-7(9)3-6(13-8)2-5(11)4-10/h3,5,11H,2,4,10H2,1H3. The number of methoxy groups -OCH3 is 1. The minimum absolute atomic E-state index is 0.290. The van der Waals surface area contributed by atoms with Gasteiger partial charge in [-0.2, -0.15) is 0 Å². The molecule has 0 spiro atoms. The summed E-state index contributed by atoms with van der Waals surface area (Å²) in [5.74, 6) is 0. The van der Waals surface area contributed by atoms with Gasteiger partial charge in [-0.15, -0.1) is 11.3 Å². The molecule has 0 aromatic carbocycles. The smallest absolute Gasteiger partial charge is 0.188 e. The van der Waals surface area contributed by atoms with Gasteiger partial charge in [0.1, 0.15) is 0 Å². The Morgan fingerprint density at radius 1 is 1.77 bits per heavy atom. The van der Waals surface area contributed by atoms with E-state index in [-0.39, 0.29) is 6.54 Å². The number of rotatable bonds is 4. The Bertz CT molecular complexity index is 277. The van der Waals surface area contributed by atoms with Crippen LogP contribution < -0.4 is 10.5 Å². The molecule has 1 aromatic heterocycles. The number of hydrogen-bond acceptors (Lipinski definition) is 4. The maximum atomic E-state index is 9.31. The second-order valence-electron chi connectivity index (χ2n) is 2.65. The SMILES string of the molecule is COc1sc(CC(O)CN)cc1Br. The maximum Gasteiger partial charge on any atom is 0.188 e. The van der Waals surface area contributed by atoms with E-state index in [1.165, 1.54) is 11.3 Å². The first-order valence-electron chi connectivity index (χ1n) is 3.87. The first-order valence-corrected chi connectivity index (χ1v) is 5.48. The zero-order valence-electron chi connectivity index (χ0n) is 7.29. The molecule has 0 aliphatic carbocycles. The van der Waals surface area contributed by atoms with Gasteiger partial charge in [0.2, 0.25) is 0 Å². The van der Waals surface area contributed by atoms with Crippen LogP contribution >= 0.6 is 27.3 Å². The van der Waals surface area contributed by atoms with Crippen LogP contribution in [0.4, 0.5) is 0 Å². The van der Waals surface area contributed by atoms with Crippen LogP contribution in [-0.4, -0.2) is 24.9 Å². The summed E-state index contributed by atoms with van der Waals surface area (Å²) in [5, 5.41) is 10.1. The zero-order chi connectivity index (χ0) is 9.84. The minimum Gasteiger partial charge on any atom is -0.486 e. The molecule has 74 valence electrons. The van der Waals surface area contributed by atoms with E-state index in [0.717, 1.165) is 14.4 Å². The number of nitrogens with two attached hydrogens (primary N) is 1. The summed E-state index contributed by atoms with van der Waals surface area (Å²) < 4.78 is 6.03. The Morgan fingerprint density at radius 3 is 2.92 bits per heavy atom. The topological polar surface area (TPSA) is 55.5 Å². The molecule has 0 saturated carbocycles. The molecule has 3 N–H and O–H groups in total. The fourth-order valence-electron chi connectivity index (χ4n) is 0.953. The van der Waals surface area contributed by atoms with Crippen LogP contribution in [0, 0.1) is 0 Å². The number of thiophene rings is 1. The number of halogens is 1. The van der Waals surface area contributed by atoms with E-state index in [9.17, 15) is 5.11 Å². The highest BCUT2D eigenvalue weighted by Gasteiger charge is 2.10. The lowest BCUT2D eigenvalue weighted by Crippen LogP contribution is -2.21. The van der Waals surface area contributed by atoms with Gasteiger partial charge in [-0.25, -0.2) is 0 Å². The molecule has 0 saturated heterocycles. The second kappa shape index (κ2) is 4.95. The van der Waals surface area contributed by atoms with Gasteiger partial charge in [-0.1, -0.05) is 0 Å². The highest BCUT2D eigenvalue weighted by atomic mass is 79.9. The molecule has 0 radical (unpaired) electrons. The fourth-order valence-corrected chi connectivity index (χ4v) is 2.72. The molecule has 0 amide bonds. The lowest BCUT2D eigenvalue weighted by atomic mass is 10.2. The van der Waals surface area contributed by atoms with Crippen molar-refractivity contribution in [3.05, 3.63) is 15.4 Å². The molecule has 0 aliphatic rings. The summed E-state index contributed by atoms with van der Waals surface area (Å²) >= 11 is 4.88. The third kappa shape index (κ3) is 2.95. The third-order valence-corrected chi connectivity index (χ3v) is 3.57. The molecule has 3 nitrogen and oxygen atoms in total. The van der Waals surface area contributed by atoms with Crippen molar-refractivity contribution in [1.82, 2.24) is 0 Å². The number of aliphatic hydroxyl groups excluding tert-OH is 1. The molecule has 5 heteroatoms. The Balaban J connectivity index is 2.67. The highest BCUT2D eigenvalue weighted by Crippen LogP contribution is 2.35. The van der Waals surface area contributed by atoms with E-state index in [0.29, 0.717) is 6.42 Å². The van der Waals surface area contributed by atoms with Crippen molar-refractivity contribution >= 4 is 27.3 Å². The van der Waals surface area contributed by atoms with Gasteiger partial charge >= 0.3 is 0 Å². The van der Waals surface area contributed by atoms with Gasteiger partial charge in [-0.05, 0) is 22.0 Å². The summed E-state index contributed by atoms with van der Waals surface area (Å²) in [7, 11) is 1.62. The molecule has 0 aliphatic heterocycles. The molecule has 0 bridgehead atoms. The lowest BCUT2D eigenvalue weighted by Gasteiger charge is -2.03. The predicted octanol–water partition coefficient (Wildman–Crippen LogP) is 1.38. The highest BCUT2D eigenvalue weighted by molar-refractivity contribution is 9.10. The van der Waals surface area contributed by atoms with E-state index in [1.54, 1.807) is 7.11 Å². The van der Waals surface area contributed by atoms with Crippen molar-refractivity contribution in [2.45, 2.75) is 12.5 Å². The van der Waals surface area contributed by atoms with Crippen molar-refractivity contribution in [2.24, 2.45) is 5.73 Å². The molecule has 1 unspecified atom stereocenters. The van der Waals surface area contributed by atoms with Crippen LogP contribution in [0.2, 0.25) is 0 Å². The Hall–Kier alpha value is -0.100. The monoisotopic (exact) mass is 265 g/mol. The zero-order valence-corrected chi connectivity index (χ0v) is 9.69. The van der Waals surface area contributed by atoms with Crippen LogP contribution in [0.1, 0.15) is 4.88 Å². The summed E-state index contributed by atoms with van der Waals surface area (Å²) in [6.07, 6.45) is 0.124.